The van der Waals surface area contributed by atoms with Gasteiger partial charge in [-0.25, -0.2) is 9.71 Å². The second-order valence-electron chi connectivity index (χ2n) is 2.42. The molecule has 1 aromatic rings. The molecule has 11 heavy (non-hydrogen) atoms. The number of hydrogen-bond donors (Lipinski definition) is 1. The van der Waals surface area contributed by atoms with Crippen LogP contribution in [0, 0.1) is 5.82 Å². The average Bonchev–Trinajstić information content (AvgIpc) is 2.04. The van der Waals surface area contributed by atoms with E-state index in [9.17, 15) is 4.39 Å². The maximum Gasteiger partial charge on any atom is 0.278 e. The first-order chi connectivity index (χ1) is 5.36. The molecule has 55 valence electrons. The number of rotatable bonds is 0. The van der Waals surface area contributed by atoms with E-state index < -0.39 is 0 Å². The Kier molecular flexibility index (Phi) is 1.35. The van der Waals surface area contributed by atoms with Gasteiger partial charge in [0, 0.05) is 5.56 Å². The van der Waals surface area contributed by atoms with Crippen LogP contribution in [-0.2, 0) is 6.54 Å². The topological polar surface area (TPSA) is 26.1 Å². The van der Waals surface area contributed by atoms with Crippen LogP contribution >= 0.6 is 0 Å². The van der Waals surface area contributed by atoms with Gasteiger partial charge in [-0.2, -0.15) is 0 Å². The summed E-state index contributed by atoms with van der Waals surface area (Å²) in [6.45, 7) is 0.570. The van der Waals surface area contributed by atoms with E-state index in [0.717, 1.165) is 11.3 Å². The van der Waals surface area contributed by atoms with Gasteiger partial charge in [0.25, 0.3) is 6.34 Å². The van der Waals surface area contributed by atoms with Crippen molar-refractivity contribution >= 4 is 12.0 Å². The quantitative estimate of drug-likeness (QED) is 0.589. The van der Waals surface area contributed by atoms with Crippen LogP contribution in [0.4, 0.5) is 10.1 Å². The molecule has 0 bridgehead atoms. The third kappa shape index (κ3) is 1.09. The summed E-state index contributed by atoms with van der Waals surface area (Å²) in [5.41, 5.74) is 1.86. The summed E-state index contributed by atoms with van der Waals surface area (Å²) in [7, 11) is 0. The van der Waals surface area contributed by atoms with Crippen LogP contribution in [0.15, 0.2) is 18.2 Å². The molecule has 0 saturated heterocycles. The SMILES string of the molecule is Fc1ccc2c(c1)C[N+]=CN2. The maximum atomic E-state index is 12.6. The Morgan fingerprint density at radius 2 is 2.36 bits per heavy atom. The molecule has 0 unspecified atom stereocenters. The van der Waals surface area contributed by atoms with Crippen LogP contribution in [-0.4, -0.2) is 6.34 Å². The van der Waals surface area contributed by atoms with Gasteiger partial charge in [-0.05, 0) is 18.2 Å². The van der Waals surface area contributed by atoms with E-state index in [2.05, 4.69) is 10.3 Å². The molecule has 1 N–H and O–H groups in total. The Bertz CT molecular complexity index is 307. The number of halogens is 1. The second kappa shape index (κ2) is 2.34. The van der Waals surface area contributed by atoms with Crippen LogP contribution in [0.2, 0.25) is 0 Å². The molecule has 0 spiro atoms. The molecule has 3 heteroatoms. The molecule has 0 aliphatic carbocycles. The summed E-state index contributed by atoms with van der Waals surface area (Å²) >= 11 is 0. The lowest BCUT2D eigenvalue weighted by atomic mass is 10.1. The van der Waals surface area contributed by atoms with Gasteiger partial charge in [0.2, 0.25) is 0 Å². The number of anilines is 1. The normalized spacial score (nSPS) is 13.9. The summed E-state index contributed by atoms with van der Waals surface area (Å²) in [5, 5.41) is 2.93. The van der Waals surface area contributed by atoms with Crippen LogP contribution in [0.3, 0.4) is 0 Å². The zero-order chi connectivity index (χ0) is 7.68. The molecular formula is C8H7FN2+. The monoisotopic (exact) mass is 150 g/mol. The number of nitrogens with zero attached hydrogens (tertiary/aromatic N) is 1. The van der Waals surface area contributed by atoms with Gasteiger partial charge in [0.15, 0.2) is 6.54 Å². The van der Waals surface area contributed by atoms with Crippen molar-refractivity contribution in [1.82, 2.24) is 4.99 Å². The van der Waals surface area contributed by atoms with Crippen LogP contribution in [0.5, 0.6) is 0 Å². The van der Waals surface area contributed by atoms with Crippen molar-refractivity contribution in [1.29, 1.82) is 0 Å². The molecular weight excluding hydrogens is 143 g/mol. The smallest absolute Gasteiger partial charge is 0.244 e. The van der Waals surface area contributed by atoms with Crippen molar-refractivity contribution < 1.29 is 4.39 Å². The van der Waals surface area contributed by atoms with Crippen LogP contribution in [0.25, 0.3) is 0 Å². The number of aliphatic imine (C=N–C) groups is 1. The Labute approximate surface area is 63.8 Å². The number of benzene rings is 1. The fourth-order valence-electron chi connectivity index (χ4n) is 1.09. The molecule has 1 heterocycles. The number of nitrogens with one attached hydrogen (secondary N) is 1. The fraction of sp³-hybridized carbons (Fsp3) is 0.125. The highest BCUT2D eigenvalue weighted by Crippen LogP contribution is 2.17. The molecule has 0 amide bonds. The lowest BCUT2D eigenvalue weighted by Crippen LogP contribution is -2.12. The van der Waals surface area contributed by atoms with Crippen LogP contribution in [0.1, 0.15) is 5.56 Å². The molecule has 1 aliphatic rings. The van der Waals surface area contributed by atoms with E-state index >= 15 is 0 Å². The van der Waals surface area contributed by atoms with Gasteiger partial charge >= 0.3 is 0 Å². The summed E-state index contributed by atoms with van der Waals surface area (Å²) < 4.78 is 12.6. The van der Waals surface area contributed by atoms with E-state index in [1.807, 2.05) is 0 Å². The average molecular weight is 150 g/mol. The molecule has 0 saturated carbocycles. The van der Waals surface area contributed by atoms with Gasteiger partial charge in [0.1, 0.15) is 11.5 Å². The third-order valence-corrected chi connectivity index (χ3v) is 1.64. The first kappa shape index (κ1) is 6.34. The van der Waals surface area contributed by atoms with Crippen molar-refractivity contribution in [2.75, 3.05) is 5.32 Å². The minimum absolute atomic E-state index is 0.206. The fourth-order valence-corrected chi connectivity index (χ4v) is 1.09. The Morgan fingerprint density at radius 3 is 3.27 bits per heavy atom. The predicted octanol–water partition coefficient (Wildman–Crippen LogP) is 1.12. The molecule has 2 nitrogen and oxygen atoms in total. The van der Waals surface area contributed by atoms with E-state index in [1.165, 1.54) is 12.1 Å². The molecule has 0 atom stereocenters. The van der Waals surface area contributed by atoms with Crippen molar-refractivity contribution in [3.63, 3.8) is 0 Å². The minimum atomic E-state index is -0.206. The Hall–Kier alpha value is -1.38. The van der Waals surface area contributed by atoms with E-state index in [4.69, 9.17) is 0 Å². The van der Waals surface area contributed by atoms with Gasteiger partial charge in [-0.1, -0.05) is 4.99 Å². The van der Waals surface area contributed by atoms with Crippen molar-refractivity contribution in [3.05, 3.63) is 29.6 Å². The van der Waals surface area contributed by atoms with Crippen molar-refractivity contribution in [3.8, 4) is 0 Å². The third-order valence-electron chi connectivity index (χ3n) is 1.64. The predicted molar refractivity (Wildman–Crippen MR) is 41.9 cm³/mol. The molecule has 2 rings (SSSR count). The van der Waals surface area contributed by atoms with Gasteiger partial charge in [-0.15, -0.1) is 0 Å². The molecule has 1 radical (unpaired) electrons. The first-order valence-corrected chi connectivity index (χ1v) is 3.39. The van der Waals surface area contributed by atoms with Crippen molar-refractivity contribution in [2.45, 2.75) is 6.54 Å². The van der Waals surface area contributed by atoms with Gasteiger partial charge < -0.3 is 0 Å². The minimum Gasteiger partial charge on any atom is -0.244 e. The first-order valence-electron chi connectivity index (χ1n) is 3.39. The van der Waals surface area contributed by atoms with Crippen molar-refractivity contribution in [2.24, 2.45) is 0 Å². The summed E-state index contributed by atoms with van der Waals surface area (Å²) in [5.74, 6) is -0.206. The highest BCUT2D eigenvalue weighted by Gasteiger charge is 2.11. The zero-order valence-corrected chi connectivity index (χ0v) is 5.84. The van der Waals surface area contributed by atoms with E-state index in [0.29, 0.717) is 6.54 Å². The highest BCUT2D eigenvalue weighted by atomic mass is 19.1. The lowest BCUT2D eigenvalue weighted by Gasteiger charge is -2.03. The summed E-state index contributed by atoms with van der Waals surface area (Å²) in [6, 6.07) is 4.65. The Morgan fingerprint density at radius 1 is 1.45 bits per heavy atom. The van der Waals surface area contributed by atoms with Crippen LogP contribution < -0.4 is 10.3 Å². The second-order valence-corrected chi connectivity index (χ2v) is 2.42. The summed E-state index contributed by atoms with van der Waals surface area (Å²) in [4.78, 5) is 3.96. The van der Waals surface area contributed by atoms with Gasteiger partial charge in [0.05, 0.1) is 0 Å². The molecule has 1 aromatic carbocycles. The lowest BCUT2D eigenvalue weighted by molar-refractivity contribution is 0.625. The van der Waals surface area contributed by atoms with Gasteiger partial charge in [-0.3, -0.25) is 0 Å². The standard InChI is InChI=1S/C8H7FN2/c9-7-1-2-8-6(3-7)4-10-5-11-8/h1-3,5,11H,4H2/q+1. The van der Waals surface area contributed by atoms with E-state index in [-0.39, 0.29) is 5.82 Å². The largest absolute Gasteiger partial charge is 0.278 e. The zero-order valence-electron chi connectivity index (χ0n) is 5.84. The molecule has 1 aliphatic heterocycles. The molecule has 0 aromatic heterocycles. The van der Waals surface area contributed by atoms with E-state index in [1.54, 1.807) is 12.4 Å². The molecule has 0 fully saturated rings. The maximum absolute atomic E-state index is 12.6. The Balaban J connectivity index is 2.48. The number of hydrogen-bond acceptors (Lipinski definition) is 2. The summed E-state index contributed by atoms with van der Waals surface area (Å²) in [6.07, 6.45) is 1.63. The number of fused-ring (bicyclic) bond motifs is 1. The highest BCUT2D eigenvalue weighted by molar-refractivity contribution is 5.78.